The highest BCUT2D eigenvalue weighted by Gasteiger charge is 2.20. The van der Waals surface area contributed by atoms with Gasteiger partial charge >= 0.3 is 0 Å². The standard InChI is InChI=1S/C45H28N4S/c1-3-11-29(12-4-1)31-17-20-41-36(26-31)44-42(21-19-34-35-25-32(30-13-5-2-6-14-30)18-22-43(35)50-45(34)44)49(41)33-27-39(37-15-7-9-23-46-37)48-40(28-33)38-16-8-10-24-47-38/h1-28H. The second-order valence-electron chi connectivity index (χ2n) is 12.5. The van der Waals surface area contributed by atoms with Crippen LogP contribution in [0, 0.1) is 0 Å². The molecule has 0 amide bonds. The van der Waals surface area contributed by atoms with Crippen molar-refractivity contribution in [1.82, 2.24) is 19.5 Å². The summed E-state index contributed by atoms with van der Waals surface area (Å²) in [5.41, 5.74) is 11.4. The predicted octanol–water partition coefficient (Wildman–Crippen LogP) is 12.0. The molecule has 0 unspecified atom stereocenters. The second-order valence-corrected chi connectivity index (χ2v) is 13.5. The summed E-state index contributed by atoms with van der Waals surface area (Å²) in [6, 6.07) is 55.8. The first-order chi connectivity index (χ1) is 24.8. The molecule has 4 nitrogen and oxygen atoms in total. The van der Waals surface area contributed by atoms with Crippen LogP contribution in [0.5, 0.6) is 0 Å². The molecule has 0 saturated carbocycles. The number of aromatic nitrogens is 4. The molecule has 0 saturated heterocycles. The topological polar surface area (TPSA) is 43.6 Å². The summed E-state index contributed by atoms with van der Waals surface area (Å²) in [6.45, 7) is 0. The van der Waals surface area contributed by atoms with E-state index < -0.39 is 0 Å². The maximum Gasteiger partial charge on any atom is 0.0915 e. The van der Waals surface area contributed by atoms with Crippen molar-refractivity contribution in [1.29, 1.82) is 0 Å². The van der Waals surface area contributed by atoms with Crippen LogP contribution in [0.2, 0.25) is 0 Å². The van der Waals surface area contributed by atoms with Crippen LogP contribution in [0.15, 0.2) is 170 Å². The highest BCUT2D eigenvalue weighted by Crippen LogP contribution is 2.45. The molecule has 0 N–H and O–H groups in total. The Kier molecular flexibility index (Phi) is 6.64. The number of nitrogens with zero attached hydrogens (tertiary/aromatic N) is 4. The minimum atomic E-state index is 0.802. The third kappa shape index (κ3) is 4.71. The number of hydrogen-bond donors (Lipinski definition) is 0. The lowest BCUT2D eigenvalue weighted by Gasteiger charge is -2.13. The van der Waals surface area contributed by atoms with Gasteiger partial charge in [0.1, 0.15) is 0 Å². The minimum absolute atomic E-state index is 0.802. The third-order valence-corrected chi connectivity index (χ3v) is 10.7. The summed E-state index contributed by atoms with van der Waals surface area (Å²) in [4.78, 5) is 14.4. The average Bonchev–Trinajstić information content (AvgIpc) is 3.74. The fourth-order valence-electron chi connectivity index (χ4n) is 7.17. The lowest BCUT2D eigenvalue weighted by molar-refractivity contribution is 1.14. The van der Waals surface area contributed by atoms with Gasteiger partial charge in [0.25, 0.3) is 0 Å². The molecule has 5 heteroatoms. The molecule has 50 heavy (non-hydrogen) atoms. The van der Waals surface area contributed by atoms with E-state index in [1.54, 1.807) is 0 Å². The maximum absolute atomic E-state index is 5.07. The number of pyridine rings is 3. The summed E-state index contributed by atoms with van der Waals surface area (Å²) in [7, 11) is 0. The molecule has 234 valence electrons. The fraction of sp³-hybridized carbons (Fsp3) is 0. The predicted molar refractivity (Wildman–Crippen MR) is 209 cm³/mol. The van der Waals surface area contributed by atoms with Crippen LogP contribution in [-0.2, 0) is 0 Å². The molecular formula is C45H28N4S. The van der Waals surface area contributed by atoms with Gasteiger partial charge in [-0.15, -0.1) is 11.3 Å². The molecular weight excluding hydrogens is 629 g/mol. The molecule has 0 aliphatic carbocycles. The number of benzene rings is 5. The monoisotopic (exact) mass is 656 g/mol. The van der Waals surface area contributed by atoms with E-state index in [0.717, 1.165) is 39.5 Å². The summed E-state index contributed by atoms with van der Waals surface area (Å²) < 4.78 is 4.96. The zero-order valence-corrected chi connectivity index (χ0v) is 27.7. The minimum Gasteiger partial charge on any atom is -0.309 e. The van der Waals surface area contributed by atoms with E-state index in [9.17, 15) is 0 Å². The van der Waals surface area contributed by atoms with Crippen molar-refractivity contribution in [3.05, 3.63) is 170 Å². The quantitative estimate of drug-likeness (QED) is 0.185. The van der Waals surface area contributed by atoms with E-state index in [2.05, 4.69) is 136 Å². The van der Waals surface area contributed by atoms with Gasteiger partial charge < -0.3 is 4.57 Å². The number of fused-ring (bicyclic) bond motifs is 7. The lowest BCUT2D eigenvalue weighted by atomic mass is 10.0. The molecule has 0 fully saturated rings. The highest BCUT2D eigenvalue weighted by atomic mass is 32.1. The van der Waals surface area contributed by atoms with Crippen molar-refractivity contribution in [3.8, 4) is 50.7 Å². The summed E-state index contributed by atoms with van der Waals surface area (Å²) in [6.07, 6.45) is 3.63. The zero-order valence-electron chi connectivity index (χ0n) is 26.9. The van der Waals surface area contributed by atoms with Crippen LogP contribution in [0.3, 0.4) is 0 Å². The fourth-order valence-corrected chi connectivity index (χ4v) is 8.41. The molecule has 0 aliphatic heterocycles. The van der Waals surface area contributed by atoms with Crippen molar-refractivity contribution in [3.63, 3.8) is 0 Å². The molecule has 10 rings (SSSR count). The first-order valence-electron chi connectivity index (χ1n) is 16.7. The van der Waals surface area contributed by atoms with Gasteiger partial charge in [-0.25, -0.2) is 4.98 Å². The van der Waals surface area contributed by atoms with Crippen molar-refractivity contribution >= 4 is 53.3 Å². The van der Waals surface area contributed by atoms with Crippen molar-refractivity contribution in [2.75, 3.05) is 0 Å². The summed E-state index contributed by atoms with van der Waals surface area (Å²) in [5, 5.41) is 5.04. The molecule has 10 aromatic rings. The normalized spacial score (nSPS) is 11.6. The van der Waals surface area contributed by atoms with Gasteiger partial charge in [-0.3, -0.25) is 9.97 Å². The van der Waals surface area contributed by atoms with Gasteiger partial charge in [-0.05, 0) is 89.0 Å². The van der Waals surface area contributed by atoms with Gasteiger partial charge in [-0.1, -0.05) is 91.0 Å². The van der Waals surface area contributed by atoms with Gasteiger partial charge in [0.05, 0.1) is 39.5 Å². The Hall–Kier alpha value is -6.43. The van der Waals surface area contributed by atoms with Gasteiger partial charge in [0.2, 0.25) is 0 Å². The van der Waals surface area contributed by atoms with Crippen LogP contribution in [0.1, 0.15) is 0 Å². The van der Waals surface area contributed by atoms with Crippen LogP contribution in [0.4, 0.5) is 0 Å². The molecule has 0 spiro atoms. The van der Waals surface area contributed by atoms with E-state index in [1.807, 2.05) is 60.1 Å². The van der Waals surface area contributed by atoms with Crippen molar-refractivity contribution < 1.29 is 0 Å². The Morgan fingerprint density at radius 3 is 1.62 bits per heavy atom. The van der Waals surface area contributed by atoms with Crippen LogP contribution in [0.25, 0.3) is 92.7 Å². The third-order valence-electron chi connectivity index (χ3n) is 9.50. The van der Waals surface area contributed by atoms with Crippen molar-refractivity contribution in [2.24, 2.45) is 0 Å². The number of thiophene rings is 1. The average molecular weight is 657 g/mol. The largest absolute Gasteiger partial charge is 0.309 e. The molecule has 0 radical (unpaired) electrons. The van der Waals surface area contributed by atoms with E-state index >= 15 is 0 Å². The lowest BCUT2D eigenvalue weighted by Crippen LogP contribution is -1.99. The Balaban J connectivity index is 1.29. The van der Waals surface area contributed by atoms with Crippen LogP contribution in [-0.4, -0.2) is 19.5 Å². The first kappa shape index (κ1) is 28.6. The van der Waals surface area contributed by atoms with Crippen LogP contribution < -0.4 is 0 Å². The van der Waals surface area contributed by atoms with Gasteiger partial charge in [-0.2, -0.15) is 0 Å². The summed E-state index contributed by atoms with van der Waals surface area (Å²) in [5.74, 6) is 0. The summed E-state index contributed by atoms with van der Waals surface area (Å²) >= 11 is 1.87. The molecule has 5 heterocycles. The maximum atomic E-state index is 5.07. The van der Waals surface area contributed by atoms with Gasteiger partial charge in [0, 0.05) is 43.3 Å². The Labute approximate surface area is 292 Å². The highest BCUT2D eigenvalue weighted by molar-refractivity contribution is 7.26. The zero-order chi connectivity index (χ0) is 33.0. The number of rotatable bonds is 5. The smallest absolute Gasteiger partial charge is 0.0915 e. The van der Waals surface area contributed by atoms with E-state index in [4.69, 9.17) is 4.98 Å². The molecule has 5 aromatic heterocycles. The van der Waals surface area contributed by atoms with E-state index in [0.29, 0.717) is 0 Å². The van der Waals surface area contributed by atoms with E-state index in [1.165, 1.54) is 53.2 Å². The van der Waals surface area contributed by atoms with Crippen LogP contribution >= 0.6 is 11.3 Å². The SMILES string of the molecule is c1ccc(-c2ccc3sc4c(ccc5c4c4cc(-c6ccccc6)ccc4n5-c4cc(-c5ccccn5)nc(-c5ccccn5)c4)c3c2)cc1. The Morgan fingerprint density at radius 1 is 0.420 bits per heavy atom. The second kappa shape index (κ2) is 11.6. The Morgan fingerprint density at radius 2 is 1.00 bits per heavy atom. The number of hydrogen-bond acceptors (Lipinski definition) is 4. The molecule has 0 aliphatic rings. The molecule has 0 bridgehead atoms. The van der Waals surface area contributed by atoms with E-state index in [-0.39, 0.29) is 0 Å². The molecule has 0 atom stereocenters. The Bertz CT molecular complexity index is 2780. The first-order valence-corrected chi connectivity index (χ1v) is 17.5. The molecule has 5 aromatic carbocycles. The van der Waals surface area contributed by atoms with Crippen molar-refractivity contribution in [2.45, 2.75) is 0 Å². The van der Waals surface area contributed by atoms with Gasteiger partial charge in [0.15, 0.2) is 0 Å².